The zero-order valence-corrected chi connectivity index (χ0v) is 11.0. The van der Waals surface area contributed by atoms with Gasteiger partial charge in [-0.25, -0.2) is 0 Å². The van der Waals surface area contributed by atoms with Gasteiger partial charge < -0.3 is 5.32 Å². The SMILES string of the molecule is CC(=O)NC(C(=O)Nc1n[nH]c(C(F)(F)F)n1)C(C)C. The van der Waals surface area contributed by atoms with Crippen molar-refractivity contribution in [3.63, 3.8) is 0 Å². The molecule has 0 aliphatic rings. The first-order valence-corrected chi connectivity index (χ1v) is 5.69. The highest BCUT2D eigenvalue weighted by molar-refractivity contribution is 5.95. The van der Waals surface area contributed by atoms with E-state index in [-0.39, 0.29) is 5.92 Å². The number of halogens is 3. The zero-order valence-electron chi connectivity index (χ0n) is 11.0. The van der Waals surface area contributed by atoms with Crippen molar-refractivity contribution in [3.8, 4) is 0 Å². The number of H-pyrrole nitrogens is 1. The van der Waals surface area contributed by atoms with Crippen LogP contribution in [0.1, 0.15) is 26.6 Å². The third kappa shape index (κ3) is 4.21. The number of amides is 2. The van der Waals surface area contributed by atoms with Crippen LogP contribution in [0.25, 0.3) is 0 Å². The van der Waals surface area contributed by atoms with Crippen molar-refractivity contribution >= 4 is 17.8 Å². The summed E-state index contributed by atoms with van der Waals surface area (Å²) < 4.78 is 36.9. The summed E-state index contributed by atoms with van der Waals surface area (Å²) in [6.45, 7) is 4.59. The first kappa shape index (κ1) is 15.9. The maximum absolute atomic E-state index is 12.3. The molecule has 20 heavy (non-hydrogen) atoms. The average Bonchev–Trinajstić information content (AvgIpc) is 2.73. The molecular formula is C10H14F3N5O2. The lowest BCUT2D eigenvalue weighted by Crippen LogP contribution is -2.46. The van der Waals surface area contributed by atoms with Gasteiger partial charge >= 0.3 is 6.18 Å². The van der Waals surface area contributed by atoms with E-state index in [2.05, 4.69) is 20.7 Å². The van der Waals surface area contributed by atoms with Gasteiger partial charge in [-0.1, -0.05) is 13.8 Å². The molecule has 0 spiro atoms. The molecule has 0 saturated carbocycles. The molecule has 3 N–H and O–H groups in total. The molecule has 2 amide bonds. The van der Waals surface area contributed by atoms with Crippen molar-refractivity contribution in [3.05, 3.63) is 5.82 Å². The highest BCUT2D eigenvalue weighted by Gasteiger charge is 2.35. The standard InChI is InChI=1S/C10H14F3N5O2/c1-4(2)6(14-5(3)19)7(20)15-9-16-8(17-18-9)10(11,12)13/h4,6H,1-3H3,(H,14,19)(H2,15,16,17,18,20). The van der Waals surface area contributed by atoms with Crippen LogP contribution in [0.3, 0.4) is 0 Å². The summed E-state index contributed by atoms with van der Waals surface area (Å²) in [6.07, 6.45) is -4.68. The van der Waals surface area contributed by atoms with Crippen LogP contribution in [0.15, 0.2) is 0 Å². The van der Waals surface area contributed by atoms with Gasteiger partial charge in [0.2, 0.25) is 23.6 Å². The van der Waals surface area contributed by atoms with Gasteiger partial charge in [-0.15, -0.1) is 5.10 Å². The number of aromatic amines is 1. The van der Waals surface area contributed by atoms with Crippen molar-refractivity contribution in [1.82, 2.24) is 20.5 Å². The molecule has 0 fully saturated rings. The fourth-order valence-corrected chi connectivity index (χ4v) is 1.39. The van der Waals surface area contributed by atoms with Crippen molar-refractivity contribution in [1.29, 1.82) is 0 Å². The van der Waals surface area contributed by atoms with Crippen LogP contribution in [-0.2, 0) is 15.8 Å². The molecule has 0 radical (unpaired) electrons. The number of aromatic nitrogens is 3. The van der Waals surface area contributed by atoms with E-state index < -0.39 is 35.8 Å². The topological polar surface area (TPSA) is 99.8 Å². The van der Waals surface area contributed by atoms with Gasteiger partial charge in [0.05, 0.1) is 0 Å². The molecule has 1 atom stereocenters. The van der Waals surface area contributed by atoms with Crippen LogP contribution in [0.5, 0.6) is 0 Å². The minimum atomic E-state index is -4.68. The average molecular weight is 293 g/mol. The summed E-state index contributed by atoms with van der Waals surface area (Å²) in [6, 6.07) is -0.889. The van der Waals surface area contributed by atoms with Gasteiger partial charge in [-0.05, 0) is 5.92 Å². The Morgan fingerprint density at radius 2 is 1.90 bits per heavy atom. The first-order valence-electron chi connectivity index (χ1n) is 5.69. The lowest BCUT2D eigenvalue weighted by atomic mass is 10.0. The van der Waals surface area contributed by atoms with Crippen LogP contribution in [0, 0.1) is 5.92 Å². The number of carbonyl (C=O) groups excluding carboxylic acids is 2. The lowest BCUT2D eigenvalue weighted by molar-refractivity contribution is -0.144. The van der Waals surface area contributed by atoms with E-state index in [0.717, 1.165) is 0 Å². The van der Waals surface area contributed by atoms with Gasteiger partial charge in [0, 0.05) is 6.92 Å². The summed E-state index contributed by atoms with van der Waals surface area (Å²) in [4.78, 5) is 25.9. The Hall–Kier alpha value is -2.13. The zero-order chi connectivity index (χ0) is 15.5. The van der Waals surface area contributed by atoms with Crippen molar-refractivity contribution in [2.24, 2.45) is 5.92 Å². The maximum atomic E-state index is 12.3. The molecule has 1 unspecified atom stereocenters. The van der Waals surface area contributed by atoms with Crippen LogP contribution in [0.2, 0.25) is 0 Å². The quantitative estimate of drug-likeness (QED) is 0.768. The van der Waals surface area contributed by atoms with E-state index in [0.29, 0.717) is 0 Å². The number of nitrogens with one attached hydrogen (secondary N) is 3. The summed E-state index contributed by atoms with van der Waals surface area (Å²) in [5.74, 6) is -3.18. The fraction of sp³-hybridized carbons (Fsp3) is 0.600. The van der Waals surface area contributed by atoms with Crippen LogP contribution in [0.4, 0.5) is 19.1 Å². The summed E-state index contributed by atoms with van der Waals surface area (Å²) >= 11 is 0. The second-order valence-electron chi connectivity index (χ2n) is 4.42. The van der Waals surface area contributed by atoms with Gasteiger partial charge in [-0.2, -0.15) is 18.2 Å². The lowest BCUT2D eigenvalue weighted by Gasteiger charge is -2.19. The Morgan fingerprint density at radius 1 is 1.30 bits per heavy atom. The van der Waals surface area contributed by atoms with Crippen molar-refractivity contribution in [2.75, 3.05) is 5.32 Å². The largest absolute Gasteiger partial charge is 0.451 e. The van der Waals surface area contributed by atoms with Gasteiger partial charge in [0.25, 0.3) is 0 Å². The smallest absolute Gasteiger partial charge is 0.344 e. The summed E-state index contributed by atoms with van der Waals surface area (Å²) in [5, 5.41) is 9.43. The highest BCUT2D eigenvalue weighted by atomic mass is 19.4. The molecule has 112 valence electrons. The molecule has 1 heterocycles. The molecule has 1 rings (SSSR count). The molecule has 10 heteroatoms. The molecule has 1 aromatic heterocycles. The second-order valence-corrected chi connectivity index (χ2v) is 4.42. The number of alkyl halides is 3. The molecule has 0 aliphatic carbocycles. The van der Waals surface area contributed by atoms with Crippen LogP contribution in [-0.4, -0.2) is 33.0 Å². The minimum Gasteiger partial charge on any atom is -0.344 e. The van der Waals surface area contributed by atoms with Gasteiger partial charge in [-0.3, -0.25) is 20.0 Å². The molecule has 1 aromatic rings. The fourth-order valence-electron chi connectivity index (χ4n) is 1.39. The van der Waals surface area contributed by atoms with Crippen LogP contribution >= 0.6 is 0 Å². The number of hydrogen-bond donors (Lipinski definition) is 3. The van der Waals surface area contributed by atoms with Gasteiger partial charge in [0.15, 0.2) is 0 Å². The second kappa shape index (κ2) is 5.88. The molecule has 0 saturated heterocycles. The Morgan fingerprint density at radius 3 is 2.30 bits per heavy atom. The van der Waals surface area contributed by atoms with E-state index in [4.69, 9.17) is 0 Å². The Balaban J connectivity index is 2.78. The third-order valence-electron chi connectivity index (χ3n) is 2.30. The summed E-state index contributed by atoms with van der Waals surface area (Å²) in [5.41, 5.74) is 0. The molecular weight excluding hydrogens is 279 g/mol. The minimum absolute atomic E-state index is 0.250. The van der Waals surface area contributed by atoms with E-state index >= 15 is 0 Å². The predicted molar refractivity (Wildman–Crippen MR) is 62.5 cm³/mol. The first-order chi connectivity index (χ1) is 9.11. The third-order valence-corrected chi connectivity index (χ3v) is 2.30. The van der Waals surface area contributed by atoms with Crippen molar-refractivity contribution < 1.29 is 22.8 Å². The van der Waals surface area contributed by atoms with E-state index in [9.17, 15) is 22.8 Å². The maximum Gasteiger partial charge on any atom is 0.451 e. The number of anilines is 1. The normalized spacial score (nSPS) is 13.2. The van der Waals surface area contributed by atoms with E-state index in [1.54, 1.807) is 18.9 Å². The van der Waals surface area contributed by atoms with E-state index in [1.165, 1.54) is 6.92 Å². The Labute approximate surface area is 112 Å². The summed E-state index contributed by atoms with van der Waals surface area (Å²) in [7, 11) is 0. The Kier molecular flexibility index (Phi) is 4.69. The number of nitrogens with zero attached hydrogens (tertiary/aromatic N) is 2. The van der Waals surface area contributed by atoms with E-state index in [1.807, 2.05) is 0 Å². The Bertz CT molecular complexity index is 497. The highest BCUT2D eigenvalue weighted by Crippen LogP contribution is 2.26. The van der Waals surface area contributed by atoms with Crippen LogP contribution < -0.4 is 10.6 Å². The predicted octanol–water partition coefficient (Wildman–Crippen LogP) is 0.923. The van der Waals surface area contributed by atoms with Crippen molar-refractivity contribution in [2.45, 2.75) is 33.0 Å². The number of rotatable bonds is 4. The molecule has 0 aromatic carbocycles. The molecule has 0 aliphatic heterocycles. The molecule has 0 bridgehead atoms. The van der Waals surface area contributed by atoms with Gasteiger partial charge in [0.1, 0.15) is 6.04 Å². The molecule has 7 nitrogen and oxygen atoms in total. The monoisotopic (exact) mass is 293 g/mol. The number of hydrogen-bond acceptors (Lipinski definition) is 4. The number of carbonyl (C=O) groups is 2.